The molecule has 2 heterocycles. The molecule has 0 aliphatic carbocycles. The van der Waals surface area contributed by atoms with Gasteiger partial charge in [0.05, 0.1) is 30.4 Å². The summed E-state index contributed by atoms with van der Waals surface area (Å²) in [6.45, 7) is 17.4. The molecule has 272 valence electrons. The number of nitrogens with one attached hydrogen (secondary N) is 2. The predicted octanol–water partition coefficient (Wildman–Crippen LogP) is 5.45. The molecular weight excluding hydrogens is 659 g/mol. The lowest BCUT2D eigenvalue weighted by Crippen LogP contribution is -2.57. The normalized spacial score (nSPS) is 18.8. The van der Waals surface area contributed by atoms with Gasteiger partial charge in [-0.15, -0.1) is 0 Å². The molecule has 4 rings (SSSR count). The van der Waals surface area contributed by atoms with Gasteiger partial charge < -0.3 is 40.3 Å². The van der Waals surface area contributed by atoms with E-state index in [1.807, 2.05) is 20.8 Å². The van der Waals surface area contributed by atoms with E-state index in [4.69, 9.17) is 19.6 Å². The van der Waals surface area contributed by atoms with E-state index in [0.717, 1.165) is 5.57 Å². The summed E-state index contributed by atoms with van der Waals surface area (Å²) in [5, 5.41) is 16.0. The van der Waals surface area contributed by atoms with Crippen molar-refractivity contribution in [1.82, 2.24) is 10.2 Å². The van der Waals surface area contributed by atoms with Gasteiger partial charge in [-0.05, 0) is 68.1 Å². The highest BCUT2D eigenvalue weighted by molar-refractivity contribution is 6.74. The predicted molar refractivity (Wildman–Crippen MR) is 193 cm³/mol. The van der Waals surface area contributed by atoms with Gasteiger partial charge in [-0.25, -0.2) is 9.69 Å². The molecule has 0 unspecified atom stereocenters. The number of amides is 4. The molecule has 2 aromatic carbocycles. The summed E-state index contributed by atoms with van der Waals surface area (Å²) in [5.74, 6) is -1.41. The summed E-state index contributed by atoms with van der Waals surface area (Å²) in [6.07, 6.45) is 0.569. The Morgan fingerprint density at radius 2 is 1.72 bits per heavy atom. The lowest BCUT2D eigenvalue weighted by molar-refractivity contribution is -0.127. The number of methoxy groups -OCH3 is 1. The second-order valence-corrected chi connectivity index (χ2v) is 19.6. The SMILES string of the molecule is COc1cc2c(cc1O)N(C(=O)OCc1ccc(NC(=O)[C@H](C)NC(=O)[C@@H](N)C(C)C)cc1)[C@@H](O[Si](C)(C)C(C)(C)C)[C@@H]1CC(C)=CN1C2=O. The van der Waals surface area contributed by atoms with Crippen LogP contribution in [0.2, 0.25) is 18.1 Å². The number of nitrogens with zero attached hydrogens (tertiary/aromatic N) is 2. The van der Waals surface area contributed by atoms with Gasteiger partial charge >= 0.3 is 6.09 Å². The molecular formula is C36H51N5O8Si. The molecule has 0 saturated carbocycles. The van der Waals surface area contributed by atoms with E-state index in [1.54, 1.807) is 42.3 Å². The van der Waals surface area contributed by atoms with Crippen LogP contribution in [0.1, 0.15) is 70.8 Å². The summed E-state index contributed by atoms with van der Waals surface area (Å²) < 4.78 is 18.1. The molecule has 14 heteroatoms. The quantitative estimate of drug-likeness (QED) is 0.234. The standard InChI is InChI=1S/C36H51N5O8Si/c1-20(2)30(37)32(44)38-22(4)31(43)39-24-13-11-23(12-14-24)19-48-35(46)41-26-17-28(42)29(47-8)16-25(26)33(45)40-18-21(3)15-27(40)34(41)49-50(9,10)36(5,6)7/h11-14,16-18,20,22,27,30,34,42H,15,19,37H2,1-10H3,(H,38,44)(H,39,43)/t22-,27-,30-,34-/m0/s1. The zero-order chi connectivity index (χ0) is 37.3. The summed E-state index contributed by atoms with van der Waals surface area (Å²) in [7, 11) is -1.17. The number of hydrogen-bond acceptors (Lipinski definition) is 9. The lowest BCUT2D eigenvalue weighted by atomic mass is 10.0. The van der Waals surface area contributed by atoms with E-state index in [2.05, 4.69) is 44.5 Å². The molecule has 4 amide bonds. The third-order valence-corrected chi connectivity index (χ3v) is 14.1. The Kier molecular flexibility index (Phi) is 11.4. The van der Waals surface area contributed by atoms with Crippen molar-refractivity contribution in [3.63, 3.8) is 0 Å². The number of anilines is 2. The van der Waals surface area contributed by atoms with Crippen LogP contribution in [0.15, 0.2) is 48.2 Å². The molecule has 4 atom stereocenters. The molecule has 0 radical (unpaired) electrons. The van der Waals surface area contributed by atoms with Crippen molar-refractivity contribution in [3.05, 3.63) is 59.3 Å². The molecule has 2 aliphatic rings. The fraction of sp³-hybridized carbons (Fsp3) is 0.500. The van der Waals surface area contributed by atoms with Crippen molar-refractivity contribution in [2.75, 3.05) is 17.3 Å². The molecule has 0 fully saturated rings. The number of hydrogen-bond donors (Lipinski definition) is 4. The molecule has 13 nitrogen and oxygen atoms in total. The average molecular weight is 710 g/mol. The topological polar surface area (TPSA) is 173 Å². The summed E-state index contributed by atoms with van der Waals surface area (Å²) in [4.78, 5) is 56.2. The number of rotatable bonds is 10. The van der Waals surface area contributed by atoms with Crippen LogP contribution in [0.3, 0.4) is 0 Å². The Morgan fingerprint density at radius 3 is 2.30 bits per heavy atom. The Hall–Kier alpha value is -4.40. The molecule has 0 bridgehead atoms. The lowest BCUT2D eigenvalue weighted by Gasteiger charge is -2.44. The van der Waals surface area contributed by atoms with E-state index in [9.17, 15) is 24.3 Å². The Morgan fingerprint density at radius 1 is 1.08 bits per heavy atom. The van der Waals surface area contributed by atoms with Gasteiger partial charge in [-0.1, -0.05) is 52.3 Å². The van der Waals surface area contributed by atoms with E-state index < -0.39 is 50.6 Å². The van der Waals surface area contributed by atoms with E-state index in [-0.39, 0.29) is 46.2 Å². The minimum absolute atomic E-state index is 0.0756. The van der Waals surface area contributed by atoms with E-state index >= 15 is 0 Å². The first kappa shape index (κ1) is 38.4. The van der Waals surface area contributed by atoms with Crippen molar-refractivity contribution < 1.29 is 38.2 Å². The number of carbonyl (C=O) groups is 4. The van der Waals surface area contributed by atoms with Gasteiger partial charge in [0.25, 0.3) is 5.91 Å². The number of fused-ring (bicyclic) bond motifs is 2. The Bertz CT molecular complexity index is 1650. The number of carbonyl (C=O) groups excluding carboxylic acids is 4. The van der Waals surface area contributed by atoms with Crippen molar-refractivity contribution >= 4 is 43.5 Å². The first-order valence-corrected chi connectivity index (χ1v) is 19.7. The number of benzene rings is 2. The maximum atomic E-state index is 14.2. The monoisotopic (exact) mass is 709 g/mol. The molecule has 0 aromatic heterocycles. The van der Waals surface area contributed by atoms with Gasteiger partial charge in [0.1, 0.15) is 12.6 Å². The van der Waals surface area contributed by atoms with Crippen LogP contribution in [0.5, 0.6) is 11.5 Å². The van der Waals surface area contributed by atoms with Crippen LogP contribution >= 0.6 is 0 Å². The van der Waals surface area contributed by atoms with Gasteiger partial charge in [0.15, 0.2) is 26.0 Å². The fourth-order valence-corrected chi connectivity index (χ4v) is 6.66. The third-order valence-electron chi connectivity index (χ3n) is 9.63. The molecule has 0 spiro atoms. The Labute approximate surface area is 295 Å². The minimum Gasteiger partial charge on any atom is -0.504 e. The van der Waals surface area contributed by atoms with Gasteiger partial charge in [-0.2, -0.15) is 0 Å². The zero-order valence-corrected chi connectivity index (χ0v) is 31.6. The van der Waals surface area contributed by atoms with Gasteiger partial charge in [-0.3, -0.25) is 14.4 Å². The van der Waals surface area contributed by atoms with Crippen LogP contribution < -0.4 is 26.0 Å². The molecule has 50 heavy (non-hydrogen) atoms. The molecule has 2 aromatic rings. The number of nitrogens with two attached hydrogens (primary N) is 1. The van der Waals surface area contributed by atoms with Crippen molar-refractivity contribution in [3.8, 4) is 11.5 Å². The fourth-order valence-electron chi connectivity index (χ4n) is 5.44. The highest BCUT2D eigenvalue weighted by Gasteiger charge is 2.50. The van der Waals surface area contributed by atoms with E-state index in [0.29, 0.717) is 17.7 Å². The first-order valence-electron chi connectivity index (χ1n) is 16.8. The second kappa shape index (κ2) is 14.8. The van der Waals surface area contributed by atoms with Crippen LogP contribution in [0, 0.1) is 5.92 Å². The van der Waals surface area contributed by atoms with Crippen molar-refractivity contribution in [2.24, 2.45) is 11.7 Å². The molecule has 5 N–H and O–H groups in total. The Balaban J connectivity index is 1.59. The zero-order valence-electron chi connectivity index (χ0n) is 30.6. The summed E-state index contributed by atoms with van der Waals surface area (Å²) >= 11 is 0. The second-order valence-electron chi connectivity index (χ2n) is 14.9. The molecule has 2 aliphatic heterocycles. The summed E-state index contributed by atoms with van der Waals surface area (Å²) in [6, 6.07) is 7.41. The number of aromatic hydroxyl groups is 1. The number of phenols is 1. The van der Waals surface area contributed by atoms with Gasteiger partial charge in [0, 0.05) is 18.0 Å². The summed E-state index contributed by atoms with van der Waals surface area (Å²) in [5.41, 5.74) is 8.26. The minimum atomic E-state index is -2.56. The largest absolute Gasteiger partial charge is 0.504 e. The van der Waals surface area contributed by atoms with Crippen molar-refractivity contribution in [2.45, 2.75) is 104 Å². The smallest absolute Gasteiger partial charge is 0.416 e. The van der Waals surface area contributed by atoms with Crippen LogP contribution in [0.4, 0.5) is 16.2 Å². The van der Waals surface area contributed by atoms with Crippen LogP contribution in [-0.2, 0) is 25.4 Å². The maximum Gasteiger partial charge on any atom is 0.416 e. The highest BCUT2D eigenvalue weighted by Crippen LogP contribution is 2.45. The first-order chi connectivity index (χ1) is 23.2. The van der Waals surface area contributed by atoms with Crippen molar-refractivity contribution in [1.29, 1.82) is 0 Å². The van der Waals surface area contributed by atoms with E-state index in [1.165, 1.54) is 24.1 Å². The van der Waals surface area contributed by atoms with Crippen LogP contribution in [0.25, 0.3) is 0 Å². The van der Waals surface area contributed by atoms with Gasteiger partial charge in [0.2, 0.25) is 11.8 Å². The molecule has 0 saturated heterocycles. The number of phenolic OH excluding ortho intramolecular Hbond substituents is 1. The maximum absolute atomic E-state index is 14.2. The number of ether oxygens (including phenoxy) is 2. The van der Waals surface area contributed by atoms with Crippen LogP contribution in [-0.4, -0.2) is 73.6 Å². The highest BCUT2D eigenvalue weighted by atomic mass is 28.4. The third kappa shape index (κ3) is 8.14. The average Bonchev–Trinajstić information content (AvgIpc) is 3.40.